The Bertz CT molecular complexity index is 1840. The van der Waals surface area contributed by atoms with Crippen molar-refractivity contribution in [3.63, 3.8) is 0 Å². The van der Waals surface area contributed by atoms with Gasteiger partial charge in [0, 0.05) is 49.6 Å². The number of nitrogens with zero attached hydrogens (tertiary/aromatic N) is 2. The first kappa shape index (κ1) is 22.5. The lowest BCUT2D eigenvalue weighted by atomic mass is 10.0. The lowest BCUT2D eigenvalue weighted by Crippen LogP contribution is -2.09. The van der Waals surface area contributed by atoms with Crippen molar-refractivity contribution in [1.82, 2.24) is 4.98 Å². The van der Waals surface area contributed by atoms with Crippen LogP contribution in [0.3, 0.4) is 0 Å². The van der Waals surface area contributed by atoms with Gasteiger partial charge >= 0.3 is 0 Å². The summed E-state index contributed by atoms with van der Waals surface area (Å²) in [5, 5.41) is 2.49. The number of hydrogen-bond acceptors (Lipinski definition) is 3. The molecule has 0 radical (unpaired) electrons. The molecule has 0 aliphatic carbocycles. The zero-order valence-electron chi connectivity index (χ0n) is 20.7. The van der Waals surface area contributed by atoms with E-state index in [2.05, 4.69) is 143 Å². The fourth-order valence-corrected chi connectivity index (χ4v) is 6.32. The fraction of sp³-hybridized carbons (Fsp3) is 0. The highest BCUT2D eigenvalue weighted by molar-refractivity contribution is 7.26. The van der Waals surface area contributed by atoms with Gasteiger partial charge in [0.05, 0.1) is 0 Å². The number of para-hydroxylation sites is 1. The number of benzene rings is 5. The average molecular weight is 505 g/mol. The summed E-state index contributed by atoms with van der Waals surface area (Å²) in [6.45, 7) is 0. The molecule has 0 unspecified atom stereocenters. The molecule has 0 N–H and O–H groups in total. The zero-order valence-corrected chi connectivity index (χ0v) is 21.5. The number of fused-ring (bicyclic) bond motifs is 3. The van der Waals surface area contributed by atoms with Gasteiger partial charge in [-0.1, -0.05) is 91.0 Å². The van der Waals surface area contributed by atoms with Crippen LogP contribution in [0, 0.1) is 0 Å². The lowest BCUT2D eigenvalue weighted by molar-refractivity contribution is 1.28. The van der Waals surface area contributed by atoms with Crippen LogP contribution in [0.15, 0.2) is 146 Å². The smallest absolute Gasteiger partial charge is 0.0462 e. The molecule has 3 heteroatoms. The van der Waals surface area contributed by atoms with Crippen LogP contribution in [0.5, 0.6) is 0 Å². The fourth-order valence-electron chi connectivity index (χ4n) is 5.12. The highest BCUT2D eigenvalue weighted by Gasteiger charge is 2.14. The van der Waals surface area contributed by atoms with Crippen molar-refractivity contribution >= 4 is 48.6 Å². The Labute approximate surface area is 226 Å². The van der Waals surface area contributed by atoms with E-state index in [1.54, 1.807) is 0 Å². The van der Waals surface area contributed by atoms with Gasteiger partial charge in [-0.3, -0.25) is 4.98 Å². The second-order valence-corrected chi connectivity index (χ2v) is 10.3. The first-order valence-electron chi connectivity index (χ1n) is 12.7. The highest BCUT2D eigenvalue weighted by atomic mass is 32.1. The molecule has 2 heterocycles. The van der Waals surface area contributed by atoms with Gasteiger partial charge in [-0.2, -0.15) is 0 Å². The van der Waals surface area contributed by atoms with Gasteiger partial charge in [0.25, 0.3) is 0 Å². The Kier molecular flexibility index (Phi) is 5.69. The van der Waals surface area contributed by atoms with E-state index in [4.69, 9.17) is 0 Å². The van der Waals surface area contributed by atoms with Gasteiger partial charge in [0.15, 0.2) is 0 Å². The van der Waals surface area contributed by atoms with Gasteiger partial charge in [0.2, 0.25) is 0 Å². The monoisotopic (exact) mass is 504 g/mol. The zero-order chi connectivity index (χ0) is 25.3. The number of pyridine rings is 1. The maximum atomic E-state index is 4.35. The molecule has 0 spiro atoms. The SMILES string of the molecule is c1ccc(-c2ccc(N(c3ccccc3)c3ccc(-c4cccc5c4sc4ccncc45)cc3)cc2)cc1. The molecular weight excluding hydrogens is 480 g/mol. The molecule has 2 nitrogen and oxygen atoms in total. The molecule has 0 atom stereocenters. The summed E-state index contributed by atoms with van der Waals surface area (Å²) >= 11 is 1.84. The number of rotatable bonds is 5. The Morgan fingerprint density at radius 3 is 1.79 bits per heavy atom. The van der Waals surface area contributed by atoms with Crippen LogP contribution in [-0.2, 0) is 0 Å². The van der Waals surface area contributed by atoms with Crippen molar-refractivity contribution in [2.24, 2.45) is 0 Å². The highest BCUT2D eigenvalue weighted by Crippen LogP contribution is 2.41. The minimum Gasteiger partial charge on any atom is -0.311 e. The Morgan fingerprint density at radius 2 is 1.08 bits per heavy atom. The van der Waals surface area contributed by atoms with Crippen LogP contribution in [0.2, 0.25) is 0 Å². The van der Waals surface area contributed by atoms with E-state index in [0.29, 0.717) is 0 Å². The minimum absolute atomic E-state index is 1.13. The summed E-state index contributed by atoms with van der Waals surface area (Å²) in [7, 11) is 0. The molecular formula is C35H24N2S. The van der Waals surface area contributed by atoms with E-state index in [0.717, 1.165) is 17.1 Å². The average Bonchev–Trinajstić information content (AvgIpc) is 3.38. The first-order valence-corrected chi connectivity index (χ1v) is 13.5. The van der Waals surface area contributed by atoms with Gasteiger partial charge in [-0.15, -0.1) is 11.3 Å². The van der Waals surface area contributed by atoms with Crippen LogP contribution < -0.4 is 4.90 Å². The summed E-state index contributed by atoms with van der Waals surface area (Å²) in [6, 6.07) is 47.5. The molecule has 0 fully saturated rings. The van der Waals surface area contributed by atoms with Crippen LogP contribution >= 0.6 is 11.3 Å². The molecule has 0 aliphatic rings. The van der Waals surface area contributed by atoms with E-state index in [9.17, 15) is 0 Å². The van der Waals surface area contributed by atoms with E-state index < -0.39 is 0 Å². The third-order valence-electron chi connectivity index (χ3n) is 6.98. The summed E-state index contributed by atoms with van der Waals surface area (Å²) in [5.74, 6) is 0. The molecule has 0 aliphatic heterocycles. The summed E-state index contributed by atoms with van der Waals surface area (Å²) in [5.41, 5.74) is 8.29. The third-order valence-corrected chi connectivity index (χ3v) is 8.20. The molecule has 2 aromatic heterocycles. The van der Waals surface area contributed by atoms with Crippen LogP contribution in [0.1, 0.15) is 0 Å². The van der Waals surface area contributed by atoms with Gasteiger partial charge in [0.1, 0.15) is 0 Å². The molecule has 0 saturated heterocycles. The topological polar surface area (TPSA) is 16.1 Å². The van der Waals surface area contributed by atoms with Crippen molar-refractivity contribution in [3.8, 4) is 22.3 Å². The molecule has 38 heavy (non-hydrogen) atoms. The predicted octanol–water partition coefficient (Wildman–Crippen LogP) is 10.3. The summed E-state index contributed by atoms with van der Waals surface area (Å²) in [6.07, 6.45) is 3.85. The lowest BCUT2D eigenvalue weighted by Gasteiger charge is -2.26. The molecule has 0 bridgehead atoms. The molecule has 7 rings (SSSR count). The molecule has 0 amide bonds. The Morgan fingerprint density at radius 1 is 0.474 bits per heavy atom. The van der Waals surface area contributed by atoms with E-state index in [-0.39, 0.29) is 0 Å². The quantitative estimate of drug-likeness (QED) is 0.232. The predicted molar refractivity (Wildman–Crippen MR) is 163 cm³/mol. The van der Waals surface area contributed by atoms with Gasteiger partial charge in [-0.25, -0.2) is 0 Å². The van der Waals surface area contributed by atoms with Gasteiger partial charge in [-0.05, 0) is 64.7 Å². The second kappa shape index (κ2) is 9.62. The Hall–Kier alpha value is -4.73. The normalized spacial score (nSPS) is 11.2. The Balaban J connectivity index is 1.29. The molecule has 180 valence electrons. The maximum Gasteiger partial charge on any atom is 0.0462 e. The third kappa shape index (κ3) is 4.03. The number of aromatic nitrogens is 1. The molecule has 7 aromatic rings. The minimum atomic E-state index is 1.13. The van der Waals surface area contributed by atoms with Gasteiger partial charge < -0.3 is 4.90 Å². The first-order chi connectivity index (χ1) is 18.8. The van der Waals surface area contributed by atoms with Crippen LogP contribution in [0.25, 0.3) is 42.4 Å². The van der Waals surface area contributed by atoms with E-state index >= 15 is 0 Å². The summed E-state index contributed by atoms with van der Waals surface area (Å²) in [4.78, 5) is 6.66. The molecule has 0 saturated carbocycles. The number of thiophene rings is 1. The van der Waals surface area contributed by atoms with E-state index in [1.165, 1.54) is 42.4 Å². The number of anilines is 3. The van der Waals surface area contributed by atoms with Crippen LogP contribution in [-0.4, -0.2) is 4.98 Å². The van der Waals surface area contributed by atoms with Crippen molar-refractivity contribution in [2.75, 3.05) is 4.90 Å². The molecule has 5 aromatic carbocycles. The second-order valence-electron chi connectivity index (χ2n) is 9.29. The van der Waals surface area contributed by atoms with Crippen molar-refractivity contribution in [3.05, 3.63) is 146 Å². The largest absolute Gasteiger partial charge is 0.311 e. The van der Waals surface area contributed by atoms with E-state index in [1.807, 2.05) is 23.7 Å². The van der Waals surface area contributed by atoms with Crippen molar-refractivity contribution < 1.29 is 0 Å². The van der Waals surface area contributed by atoms with Crippen molar-refractivity contribution in [1.29, 1.82) is 0 Å². The maximum absolute atomic E-state index is 4.35. The van der Waals surface area contributed by atoms with Crippen molar-refractivity contribution in [2.45, 2.75) is 0 Å². The standard InChI is InChI=1S/C35H24N2S/c1-3-8-25(9-4-1)26-14-18-29(19-15-26)37(28-10-5-2-6-11-28)30-20-16-27(17-21-30)31-12-7-13-32-33-24-36-23-22-34(33)38-35(31)32/h1-24H. The van der Waals surface area contributed by atoms with Crippen LogP contribution in [0.4, 0.5) is 17.1 Å². The summed E-state index contributed by atoms with van der Waals surface area (Å²) < 4.78 is 2.58. The number of hydrogen-bond donors (Lipinski definition) is 0.